The Labute approximate surface area is 131 Å². The van der Waals surface area contributed by atoms with E-state index in [9.17, 15) is 15.3 Å². The Kier molecular flexibility index (Phi) is 11.1. The SMILES string of the molecule is CC(CO)OC(O[C@@H](O)C(OC[C@H](C)O)C(C)C)[C@@H](O)CO. The Morgan fingerprint density at radius 1 is 0.864 bits per heavy atom. The largest absolute Gasteiger partial charge is 0.394 e. The van der Waals surface area contributed by atoms with Gasteiger partial charge in [0.25, 0.3) is 0 Å². The molecule has 0 bridgehead atoms. The van der Waals surface area contributed by atoms with Gasteiger partial charge in [-0.3, -0.25) is 0 Å². The fraction of sp³-hybridized carbons (Fsp3) is 1.00. The first-order valence-corrected chi connectivity index (χ1v) is 7.41. The summed E-state index contributed by atoms with van der Waals surface area (Å²) in [6, 6.07) is 0. The molecule has 0 saturated heterocycles. The van der Waals surface area contributed by atoms with E-state index in [0.717, 1.165) is 0 Å². The van der Waals surface area contributed by atoms with E-state index in [-0.39, 0.29) is 19.1 Å². The molecule has 5 N–H and O–H groups in total. The first-order valence-electron chi connectivity index (χ1n) is 7.41. The number of rotatable bonds is 12. The summed E-state index contributed by atoms with van der Waals surface area (Å²) < 4.78 is 15.9. The zero-order chi connectivity index (χ0) is 17.3. The summed E-state index contributed by atoms with van der Waals surface area (Å²) in [6.07, 6.45) is -6.23. The number of aliphatic hydroxyl groups excluding tert-OH is 5. The van der Waals surface area contributed by atoms with Crippen molar-refractivity contribution in [3.8, 4) is 0 Å². The van der Waals surface area contributed by atoms with Gasteiger partial charge in [0.05, 0.1) is 32.0 Å². The lowest BCUT2D eigenvalue weighted by Gasteiger charge is -2.32. The molecule has 22 heavy (non-hydrogen) atoms. The maximum atomic E-state index is 10.1. The molecule has 6 atom stereocenters. The van der Waals surface area contributed by atoms with Crippen LogP contribution >= 0.6 is 0 Å². The molecule has 0 saturated carbocycles. The van der Waals surface area contributed by atoms with E-state index in [1.807, 2.05) is 0 Å². The van der Waals surface area contributed by atoms with Gasteiger partial charge in [0.1, 0.15) is 12.2 Å². The van der Waals surface area contributed by atoms with E-state index in [2.05, 4.69) is 0 Å². The molecule has 0 fully saturated rings. The summed E-state index contributed by atoms with van der Waals surface area (Å²) in [7, 11) is 0. The quantitative estimate of drug-likeness (QED) is 0.283. The lowest BCUT2D eigenvalue weighted by molar-refractivity contribution is -0.304. The number of hydrogen-bond acceptors (Lipinski definition) is 8. The molecule has 0 aromatic rings. The molecule has 3 unspecified atom stereocenters. The second-order valence-electron chi connectivity index (χ2n) is 5.67. The number of ether oxygens (including phenoxy) is 3. The first-order chi connectivity index (χ1) is 10.2. The van der Waals surface area contributed by atoms with Crippen molar-refractivity contribution < 1.29 is 39.7 Å². The van der Waals surface area contributed by atoms with Crippen molar-refractivity contribution in [2.45, 2.75) is 64.7 Å². The zero-order valence-corrected chi connectivity index (χ0v) is 13.6. The topological polar surface area (TPSA) is 129 Å². The molecule has 0 aliphatic heterocycles. The minimum absolute atomic E-state index is 0.0182. The summed E-state index contributed by atoms with van der Waals surface area (Å²) in [5.41, 5.74) is 0. The highest BCUT2D eigenvalue weighted by atomic mass is 16.7. The molecule has 8 heteroatoms. The van der Waals surface area contributed by atoms with E-state index >= 15 is 0 Å². The predicted molar refractivity (Wildman–Crippen MR) is 77.9 cm³/mol. The summed E-state index contributed by atoms with van der Waals surface area (Å²) >= 11 is 0. The smallest absolute Gasteiger partial charge is 0.189 e. The van der Waals surface area contributed by atoms with Crippen LogP contribution in [0.1, 0.15) is 27.7 Å². The maximum Gasteiger partial charge on any atom is 0.189 e. The van der Waals surface area contributed by atoms with Gasteiger partial charge in [-0.1, -0.05) is 13.8 Å². The maximum absolute atomic E-state index is 10.1. The van der Waals surface area contributed by atoms with Crippen LogP contribution in [0.5, 0.6) is 0 Å². The van der Waals surface area contributed by atoms with E-state index in [1.165, 1.54) is 0 Å². The molecular formula is C14H30O8. The summed E-state index contributed by atoms with van der Waals surface area (Å²) in [6.45, 7) is 5.79. The average molecular weight is 326 g/mol. The van der Waals surface area contributed by atoms with Crippen molar-refractivity contribution in [1.29, 1.82) is 0 Å². The van der Waals surface area contributed by atoms with E-state index in [1.54, 1.807) is 27.7 Å². The molecule has 0 amide bonds. The molecule has 0 spiro atoms. The van der Waals surface area contributed by atoms with Crippen molar-refractivity contribution in [2.75, 3.05) is 19.8 Å². The fourth-order valence-electron chi connectivity index (χ4n) is 1.64. The van der Waals surface area contributed by atoms with Crippen LogP contribution in [-0.4, -0.2) is 82.3 Å². The van der Waals surface area contributed by atoms with Crippen molar-refractivity contribution >= 4 is 0 Å². The molecular weight excluding hydrogens is 296 g/mol. The lowest BCUT2D eigenvalue weighted by atomic mass is 10.1. The van der Waals surface area contributed by atoms with Crippen LogP contribution in [0, 0.1) is 5.92 Å². The first kappa shape index (κ1) is 21.7. The van der Waals surface area contributed by atoms with E-state index in [0.29, 0.717) is 0 Å². The molecule has 0 aromatic heterocycles. The summed E-state index contributed by atoms with van der Waals surface area (Å²) in [4.78, 5) is 0. The second kappa shape index (κ2) is 11.3. The predicted octanol–water partition coefficient (Wildman–Crippen LogP) is -1.18. The van der Waals surface area contributed by atoms with Gasteiger partial charge in [-0.2, -0.15) is 0 Å². The van der Waals surface area contributed by atoms with Gasteiger partial charge in [-0.25, -0.2) is 0 Å². The van der Waals surface area contributed by atoms with Crippen molar-refractivity contribution in [3.05, 3.63) is 0 Å². The third-order valence-corrected chi connectivity index (χ3v) is 2.87. The highest BCUT2D eigenvalue weighted by Crippen LogP contribution is 2.17. The van der Waals surface area contributed by atoms with Crippen LogP contribution < -0.4 is 0 Å². The molecule has 0 radical (unpaired) electrons. The van der Waals surface area contributed by atoms with E-state index in [4.69, 9.17) is 24.4 Å². The Morgan fingerprint density at radius 3 is 1.86 bits per heavy atom. The van der Waals surface area contributed by atoms with Gasteiger partial charge in [0.2, 0.25) is 0 Å². The molecule has 0 aromatic carbocycles. The van der Waals surface area contributed by atoms with Gasteiger partial charge in [-0.15, -0.1) is 0 Å². The van der Waals surface area contributed by atoms with Crippen LogP contribution in [0.15, 0.2) is 0 Å². The van der Waals surface area contributed by atoms with Gasteiger partial charge in [0, 0.05) is 0 Å². The van der Waals surface area contributed by atoms with E-state index < -0.39 is 43.6 Å². The highest BCUT2D eigenvalue weighted by Gasteiger charge is 2.31. The normalized spacial score (nSPS) is 20.5. The minimum atomic E-state index is -1.43. The molecule has 8 nitrogen and oxygen atoms in total. The lowest BCUT2D eigenvalue weighted by Crippen LogP contribution is -2.45. The van der Waals surface area contributed by atoms with Crippen LogP contribution in [0.2, 0.25) is 0 Å². The van der Waals surface area contributed by atoms with Gasteiger partial charge < -0.3 is 39.7 Å². The van der Waals surface area contributed by atoms with Crippen LogP contribution in [0.4, 0.5) is 0 Å². The third-order valence-electron chi connectivity index (χ3n) is 2.87. The molecule has 134 valence electrons. The van der Waals surface area contributed by atoms with Crippen LogP contribution in [0.25, 0.3) is 0 Å². The average Bonchev–Trinajstić information content (AvgIpc) is 2.44. The highest BCUT2D eigenvalue weighted by molar-refractivity contribution is 4.70. The fourth-order valence-corrected chi connectivity index (χ4v) is 1.64. The van der Waals surface area contributed by atoms with Crippen molar-refractivity contribution in [1.82, 2.24) is 0 Å². The number of aliphatic hydroxyl groups is 5. The Hall–Kier alpha value is -0.320. The third kappa shape index (κ3) is 8.35. The Bertz CT molecular complexity index is 274. The van der Waals surface area contributed by atoms with Gasteiger partial charge in [0.15, 0.2) is 12.6 Å². The molecule has 0 heterocycles. The zero-order valence-electron chi connectivity index (χ0n) is 13.6. The summed E-state index contributed by atoms with van der Waals surface area (Å²) in [5.74, 6) is -0.129. The molecule has 0 rings (SSSR count). The van der Waals surface area contributed by atoms with Gasteiger partial charge in [-0.05, 0) is 19.8 Å². The van der Waals surface area contributed by atoms with Crippen LogP contribution in [-0.2, 0) is 14.2 Å². The Balaban J connectivity index is 4.75. The number of hydrogen-bond donors (Lipinski definition) is 5. The van der Waals surface area contributed by atoms with Crippen LogP contribution in [0.3, 0.4) is 0 Å². The van der Waals surface area contributed by atoms with Crippen molar-refractivity contribution in [3.63, 3.8) is 0 Å². The standard InChI is InChI=1S/C14H30O8/c1-8(2)12(20-7-9(3)17)13(19)22-14(11(18)6-16)21-10(4)5-15/h8-19H,5-7H2,1-4H3/t9-,10?,11-,12?,13+,14?/m0/s1. The monoisotopic (exact) mass is 326 g/mol. The second-order valence-corrected chi connectivity index (χ2v) is 5.67. The summed E-state index contributed by atoms with van der Waals surface area (Å²) in [5, 5.41) is 47.0. The molecule has 0 aliphatic carbocycles. The molecule has 0 aliphatic rings. The van der Waals surface area contributed by atoms with Gasteiger partial charge >= 0.3 is 0 Å². The minimum Gasteiger partial charge on any atom is -0.394 e. The Morgan fingerprint density at radius 2 is 1.45 bits per heavy atom. The van der Waals surface area contributed by atoms with Crippen molar-refractivity contribution in [2.24, 2.45) is 5.92 Å².